The number of hydrogen-bond donors (Lipinski definition) is 0. The highest BCUT2D eigenvalue weighted by Gasteiger charge is 2.47. The number of benzene rings is 8. The molecule has 0 radical (unpaired) electrons. The monoisotopic (exact) mass is 713 g/mol. The second-order valence-corrected chi connectivity index (χ2v) is 14.2. The van der Waals surface area contributed by atoms with Gasteiger partial charge in [0.1, 0.15) is 0 Å². The van der Waals surface area contributed by atoms with Crippen LogP contribution < -0.4 is 0 Å². The minimum Gasteiger partial charge on any atom is -0.309 e. The van der Waals surface area contributed by atoms with Crippen LogP contribution in [0.5, 0.6) is 0 Å². The molecule has 51 heavy (non-hydrogen) atoms. The van der Waals surface area contributed by atoms with Crippen molar-refractivity contribution in [3.05, 3.63) is 221 Å². The lowest BCUT2D eigenvalue weighted by Crippen LogP contribution is -2.29. The van der Waals surface area contributed by atoms with Crippen molar-refractivity contribution in [2.75, 3.05) is 0 Å². The Labute approximate surface area is 306 Å². The van der Waals surface area contributed by atoms with Gasteiger partial charge in [0.25, 0.3) is 0 Å². The Morgan fingerprint density at radius 1 is 0.392 bits per heavy atom. The topological polar surface area (TPSA) is 4.93 Å². The van der Waals surface area contributed by atoms with E-state index in [-0.39, 0.29) is 0 Å². The molecule has 1 nitrogen and oxygen atoms in total. The minimum absolute atomic E-state index is 0.512. The van der Waals surface area contributed by atoms with Crippen molar-refractivity contribution < 1.29 is 0 Å². The van der Waals surface area contributed by atoms with Crippen LogP contribution >= 0.6 is 15.9 Å². The van der Waals surface area contributed by atoms with Gasteiger partial charge in [-0.1, -0.05) is 186 Å². The molecule has 0 amide bonds. The average molecular weight is 715 g/mol. The number of para-hydroxylation sites is 1. The maximum Gasteiger partial charge on any atom is 0.0734 e. The molecule has 2 heteroatoms. The van der Waals surface area contributed by atoms with E-state index in [1.165, 1.54) is 83.1 Å². The highest BCUT2D eigenvalue weighted by atomic mass is 79.9. The zero-order chi connectivity index (χ0) is 33.9. The molecular weight excluding hydrogens is 682 g/mol. The van der Waals surface area contributed by atoms with Crippen molar-refractivity contribution in [3.63, 3.8) is 0 Å². The van der Waals surface area contributed by atoms with Crippen LogP contribution in [0.3, 0.4) is 0 Å². The van der Waals surface area contributed by atoms with Crippen molar-refractivity contribution in [2.45, 2.75) is 5.41 Å². The Balaban J connectivity index is 1.26. The maximum atomic E-state index is 3.74. The Hall–Kier alpha value is -5.96. The van der Waals surface area contributed by atoms with Gasteiger partial charge in [0.05, 0.1) is 22.1 Å². The van der Waals surface area contributed by atoms with E-state index < -0.39 is 5.41 Å². The molecule has 1 aromatic heterocycles. The summed E-state index contributed by atoms with van der Waals surface area (Å²) in [4.78, 5) is 0. The highest BCUT2D eigenvalue weighted by Crippen LogP contribution is 2.58. The molecule has 1 aliphatic carbocycles. The van der Waals surface area contributed by atoms with Gasteiger partial charge in [-0.3, -0.25) is 0 Å². The van der Waals surface area contributed by atoms with Gasteiger partial charge in [0.15, 0.2) is 0 Å². The van der Waals surface area contributed by atoms with Gasteiger partial charge in [-0.05, 0) is 74.3 Å². The van der Waals surface area contributed by atoms with Crippen molar-refractivity contribution >= 4 is 37.7 Å². The van der Waals surface area contributed by atoms with E-state index in [0.29, 0.717) is 0 Å². The summed E-state index contributed by atoms with van der Waals surface area (Å²) in [5, 5.41) is 2.50. The summed E-state index contributed by atoms with van der Waals surface area (Å²) < 4.78 is 3.62. The molecule has 1 aliphatic rings. The molecule has 0 aliphatic heterocycles. The van der Waals surface area contributed by atoms with Crippen molar-refractivity contribution in [1.29, 1.82) is 0 Å². The number of rotatable bonds is 5. The number of aromatic nitrogens is 1. The Morgan fingerprint density at radius 3 is 1.71 bits per heavy atom. The molecule has 1 heterocycles. The molecular formula is C49H32BrN. The van der Waals surface area contributed by atoms with E-state index >= 15 is 0 Å². The maximum absolute atomic E-state index is 3.74. The fourth-order valence-electron chi connectivity index (χ4n) is 8.61. The largest absolute Gasteiger partial charge is 0.309 e. The fourth-order valence-corrected chi connectivity index (χ4v) is 9.13. The SMILES string of the molecule is Brc1ccccc1-c1ccc(-c2ccc3c4ccccc4n(-c4cccc5c4C(c4ccccc4)(c4ccccc4)c4ccccc4-5)c3c2)cc1. The van der Waals surface area contributed by atoms with Crippen LogP contribution in [0.25, 0.3) is 60.9 Å². The summed E-state index contributed by atoms with van der Waals surface area (Å²) >= 11 is 3.74. The van der Waals surface area contributed by atoms with Crippen LogP contribution in [-0.4, -0.2) is 4.57 Å². The molecule has 0 bridgehead atoms. The van der Waals surface area contributed by atoms with Crippen molar-refractivity contribution in [2.24, 2.45) is 0 Å². The number of fused-ring (bicyclic) bond motifs is 6. The second kappa shape index (κ2) is 11.8. The summed E-state index contributed by atoms with van der Waals surface area (Å²) in [6.45, 7) is 0. The van der Waals surface area contributed by atoms with E-state index in [0.717, 1.165) is 4.47 Å². The molecule has 0 saturated heterocycles. The minimum atomic E-state index is -0.512. The van der Waals surface area contributed by atoms with E-state index in [9.17, 15) is 0 Å². The first kappa shape index (κ1) is 29.9. The summed E-state index contributed by atoms with van der Waals surface area (Å²) in [5.41, 5.74) is 15.6. The zero-order valence-electron chi connectivity index (χ0n) is 27.8. The van der Waals surface area contributed by atoms with Gasteiger partial charge in [-0.2, -0.15) is 0 Å². The third-order valence-corrected chi connectivity index (χ3v) is 11.5. The first-order valence-corrected chi connectivity index (χ1v) is 18.3. The molecule has 9 aromatic rings. The van der Waals surface area contributed by atoms with Crippen LogP contribution in [-0.2, 0) is 5.41 Å². The van der Waals surface area contributed by atoms with Crippen LogP contribution in [0.1, 0.15) is 22.3 Å². The number of hydrogen-bond acceptors (Lipinski definition) is 0. The lowest BCUT2D eigenvalue weighted by Gasteiger charge is -2.35. The van der Waals surface area contributed by atoms with Crippen LogP contribution in [0, 0.1) is 0 Å². The van der Waals surface area contributed by atoms with Gasteiger partial charge in [-0.15, -0.1) is 0 Å². The number of nitrogens with zero attached hydrogens (tertiary/aromatic N) is 1. The molecule has 0 atom stereocenters. The van der Waals surface area contributed by atoms with Gasteiger partial charge in [0, 0.05) is 20.8 Å². The molecule has 0 spiro atoms. The summed E-state index contributed by atoms with van der Waals surface area (Å²) in [7, 11) is 0. The highest BCUT2D eigenvalue weighted by molar-refractivity contribution is 9.10. The van der Waals surface area contributed by atoms with Gasteiger partial charge in [-0.25, -0.2) is 0 Å². The third kappa shape index (κ3) is 4.46. The van der Waals surface area contributed by atoms with E-state index in [1.54, 1.807) is 0 Å². The third-order valence-electron chi connectivity index (χ3n) is 10.8. The Morgan fingerprint density at radius 2 is 0.961 bits per heavy atom. The molecule has 10 rings (SSSR count). The van der Waals surface area contributed by atoms with Gasteiger partial charge in [0.2, 0.25) is 0 Å². The lowest BCUT2D eigenvalue weighted by atomic mass is 9.67. The quantitative estimate of drug-likeness (QED) is 0.167. The van der Waals surface area contributed by atoms with Gasteiger partial charge < -0.3 is 4.57 Å². The molecule has 0 saturated carbocycles. The number of halogens is 1. The Kier molecular flexibility index (Phi) is 6.94. The first-order valence-electron chi connectivity index (χ1n) is 17.5. The second-order valence-electron chi connectivity index (χ2n) is 13.4. The fraction of sp³-hybridized carbons (Fsp3) is 0.0204. The average Bonchev–Trinajstić information content (AvgIpc) is 3.70. The molecule has 0 fully saturated rings. The molecule has 0 N–H and O–H groups in total. The van der Waals surface area contributed by atoms with E-state index in [4.69, 9.17) is 0 Å². The Bertz CT molecular complexity index is 2700. The van der Waals surface area contributed by atoms with E-state index in [2.05, 4.69) is 215 Å². The predicted molar refractivity (Wildman–Crippen MR) is 217 cm³/mol. The van der Waals surface area contributed by atoms with Crippen LogP contribution in [0.15, 0.2) is 199 Å². The van der Waals surface area contributed by atoms with Crippen LogP contribution in [0.4, 0.5) is 0 Å². The van der Waals surface area contributed by atoms with Gasteiger partial charge >= 0.3 is 0 Å². The normalized spacial score (nSPS) is 13.0. The lowest BCUT2D eigenvalue weighted by molar-refractivity contribution is 0.762. The smallest absolute Gasteiger partial charge is 0.0734 e. The zero-order valence-corrected chi connectivity index (χ0v) is 29.4. The standard InChI is InChI=1S/C49H32BrN/c50-44-23-11-8-18-38(44)34-28-26-33(27-29-34)35-30-31-41-40-20-9-12-24-45(40)51(47(41)32-35)46-25-13-21-42-39-19-7-10-22-43(39)49(48(42)46,36-14-3-1-4-15-36)37-16-5-2-6-17-37/h1-32H. The van der Waals surface area contributed by atoms with E-state index in [1.807, 2.05) is 0 Å². The van der Waals surface area contributed by atoms with Crippen molar-refractivity contribution in [1.82, 2.24) is 4.57 Å². The summed E-state index contributed by atoms with van der Waals surface area (Å²) in [6.07, 6.45) is 0. The summed E-state index contributed by atoms with van der Waals surface area (Å²) in [5.74, 6) is 0. The molecule has 0 unspecified atom stereocenters. The molecule has 240 valence electrons. The molecule has 8 aromatic carbocycles. The summed E-state index contributed by atoms with van der Waals surface area (Å²) in [6, 6.07) is 71.2. The first-order chi connectivity index (χ1) is 25.2. The van der Waals surface area contributed by atoms with Crippen molar-refractivity contribution in [3.8, 4) is 39.1 Å². The van der Waals surface area contributed by atoms with Crippen LogP contribution in [0.2, 0.25) is 0 Å². The predicted octanol–water partition coefficient (Wildman–Crippen LogP) is 13.2.